The molecule has 0 bridgehead atoms. The Balaban J connectivity index is 2.09. The summed E-state index contributed by atoms with van der Waals surface area (Å²) in [7, 11) is 0. The van der Waals surface area contributed by atoms with Crippen LogP contribution in [0.15, 0.2) is 4.99 Å². The minimum absolute atomic E-state index is 0.0141. The van der Waals surface area contributed by atoms with Crippen molar-refractivity contribution in [3.05, 3.63) is 10.6 Å². The molecule has 6 nitrogen and oxygen atoms in total. The molecule has 7 heteroatoms. The summed E-state index contributed by atoms with van der Waals surface area (Å²) in [6.07, 6.45) is 2.37. The van der Waals surface area contributed by atoms with Crippen LogP contribution >= 0.6 is 11.3 Å². The lowest BCUT2D eigenvalue weighted by Crippen LogP contribution is -2.37. The van der Waals surface area contributed by atoms with Gasteiger partial charge in [-0.2, -0.15) is 4.99 Å². The first-order chi connectivity index (χ1) is 8.95. The lowest BCUT2D eigenvalue weighted by molar-refractivity contribution is -0.125. The van der Waals surface area contributed by atoms with Gasteiger partial charge in [0.05, 0.1) is 5.69 Å². The van der Waals surface area contributed by atoms with E-state index in [2.05, 4.69) is 15.3 Å². The second-order valence-corrected chi connectivity index (χ2v) is 6.07. The summed E-state index contributed by atoms with van der Waals surface area (Å²) in [4.78, 5) is 21.5. The number of carbonyl (C=O) groups excluding carboxylic acids is 1. The number of aromatic nitrogens is 1. The van der Waals surface area contributed by atoms with Crippen molar-refractivity contribution < 1.29 is 4.79 Å². The van der Waals surface area contributed by atoms with Crippen LogP contribution < -0.4 is 16.8 Å². The number of guanidine groups is 1. The molecular weight excluding hydrogens is 262 g/mol. The number of amides is 1. The third-order valence-electron chi connectivity index (χ3n) is 2.95. The molecule has 1 atom stereocenters. The van der Waals surface area contributed by atoms with Crippen molar-refractivity contribution in [3.8, 4) is 0 Å². The Bertz CT molecular complexity index is 504. The van der Waals surface area contributed by atoms with Crippen LogP contribution in [0, 0.1) is 5.92 Å². The zero-order valence-corrected chi connectivity index (χ0v) is 12.0. The van der Waals surface area contributed by atoms with E-state index in [1.807, 2.05) is 13.8 Å². The Morgan fingerprint density at radius 3 is 2.89 bits per heavy atom. The lowest BCUT2D eigenvalue weighted by atomic mass is 9.90. The van der Waals surface area contributed by atoms with E-state index in [-0.39, 0.29) is 23.8 Å². The molecule has 0 aliphatic heterocycles. The van der Waals surface area contributed by atoms with Gasteiger partial charge in [0.15, 0.2) is 5.96 Å². The van der Waals surface area contributed by atoms with Gasteiger partial charge in [0, 0.05) is 16.8 Å². The predicted octanol–water partition coefficient (Wildman–Crippen LogP) is 0.677. The van der Waals surface area contributed by atoms with Gasteiger partial charge in [-0.1, -0.05) is 11.3 Å². The van der Waals surface area contributed by atoms with Crippen molar-refractivity contribution in [2.24, 2.45) is 22.4 Å². The number of aliphatic imine (C=N–C) groups is 1. The molecule has 1 amide bonds. The van der Waals surface area contributed by atoms with E-state index in [1.54, 1.807) is 0 Å². The molecule has 2 rings (SSSR count). The Kier molecular flexibility index (Phi) is 4.04. The number of thiazole rings is 1. The molecule has 1 aromatic heterocycles. The van der Waals surface area contributed by atoms with Crippen molar-refractivity contribution in [1.29, 1.82) is 0 Å². The van der Waals surface area contributed by atoms with Gasteiger partial charge in [0.25, 0.3) is 0 Å². The second-order valence-electron chi connectivity index (χ2n) is 5.01. The van der Waals surface area contributed by atoms with Gasteiger partial charge in [-0.05, 0) is 33.1 Å². The van der Waals surface area contributed by atoms with Gasteiger partial charge in [0.2, 0.25) is 11.0 Å². The molecular formula is C12H19N5OS. The summed E-state index contributed by atoms with van der Waals surface area (Å²) in [5.74, 6) is 0.167. The summed E-state index contributed by atoms with van der Waals surface area (Å²) in [6, 6.07) is 0.174. The molecule has 1 aliphatic rings. The maximum Gasteiger partial charge on any atom is 0.223 e. The van der Waals surface area contributed by atoms with Crippen LogP contribution in [0.5, 0.6) is 0 Å². The van der Waals surface area contributed by atoms with E-state index in [9.17, 15) is 4.79 Å². The number of hydrogen-bond acceptors (Lipinski definition) is 4. The van der Waals surface area contributed by atoms with Crippen LogP contribution in [-0.4, -0.2) is 22.9 Å². The molecule has 5 N–H and O–H groups in total. The normalized spacial score (nSPS) is 17.9. The number of nitrogens with zero attached hydrogens (tertiary/aromatic N) is 2. The Morgan fingerprint density at radius 1 is 1.53 bits per heavy atom. The number of rotatable bonds is 3. The van der Waals surface area contributed by atoms with Crippen LogP contribution in [0.25, 0.3) is 0 Å². The topological polar surface area (TPSA) is 106 Å². The molecule has 0 saturated carbocycles. The van der Waals surface area contributed by atoms with Crippen molar-refractivity contribution >= 4 is 28.3 Å². The summed E-state index contributed by atoms with van der Waals surface area (Å²) >= 11 is 1.47. The van der Waals surface area contributed by atoms with Gasteiger partial charge in [-0.25, -0.2) is 4.98 Å². The van der Waals surface area contributed by atoms with E-state index in [4.69, 9.17) is 11.5 Å². The molecule has 1 unspecified atom stereocenters. The first-order valence-corrected chi connectivity index (χ1v) is 7.16. The smallest absolute Gasteiger partial charge is 0.223 e. The van der Waals surface area contributed by atoms with Crippen molar-refractivity contribution in [2.75, 3.05) is 0 Å². The molecule has 19 heavy (non-hydrogen) atoms. The average molecular weight is 281 g/mol. The van der Waals surface area contributed by atoms with Gasteiger partial charge < -0.3 is 16.8 Å². The quantitative estimate of drug-likeness (QED) is 0.559. The monoisotopic (exact) mass is 281 g/mol. The van der Waals surface area contributed by atoms with Gasteiger partial charge >= 0.3 is 0 Å². The highest BCUT2D eigenvalue weighted by Crippen LogP contribution is 2.33. The highest BCUT2D eigenvalue weighted by atomic mass is 32.1. The lowest BCUT2D eigenvalue weighted by Gasteiger charge is -2.21. The summed E-state index contributed by atoms with van der Waals surface area (Å²) in [5, 5.41) is 3.54. The summed E-state index contributed by atoms with van der Waals surface area (Å²) in [6.45, 7) is 3.94. The maximum atomic E-state index is 12.0. The SMILES string of the molecule is CC(C)NC(=O)C1CCc2nc(N=C(N)N)sc2C1. The first kappa shape index (κ1) is 13.8. The molecule has 0 spiro atoms. The van der Waals surface area contributed by atoms with Crippen LogP contribution in [0.3, 0.4) is 0 Å². The second kappa shape index (κ2) is 5.56. The summed E-state index contributed by atoms with van der Waals surface area (Å²) in [5.41, 5.74) is 11.7. The number of fused-ring (bicyclic) bond motifs is 1. The third kappa shape index (κ3) is 3.44. The Labute approximate surface area is 116 Å². The molecule has 1 heterocycles. The largest absolute Gasteiger partial charge is 0.370 e. The number of aryl methyl sites for hydroxylation is 1. The molecule has 0 aromatic carbocycles. The first-order valence-electron chi connectivity index (χ1n) is 6.34. The Morgan fingerprint density at radius 2 is 2.26 bits per heavy atom. The van der Waals surface area contributed by atoms with Crippen LogP contribution in [0.1, 0.15) is 30.8 Å². The molecule has 0 fully saturated rings. The van der Waals surface area contributed by atoms with Crippen LogP contribution in [-0.2, 0) is 17.6 Å². The molecule has 104 valence electrons. The van der Waals surface area contributed by atoms with Gasteiger partial charge in [-0.3, -0.25) is 4.79 Å². The van der Waals surface area contributed by atoms with E-state index < -0.39 is 0 Å². The van der Waals surface area contributed by atoms with Crippen molar-refractivity contribution in [3.63, 3.8) is 0 Å². The number of carbonyl (C=O) groups is 1. The Hall–Kier alpha value is -1.63. The average Bonchev–Trinajstić information content (AvgIpc) is 2.67. The van der Waals surface area contributed by atoms with E-state index in [1.165, 1.54) is 11.3 Å². The fourth-order valence-corrected chi connectivity index (χ4v) is 3.22. The number of nitrogens with two attached hydrogens (primary N) is 2. The highest BCUT2D eigenvalue weighted by molar-refractivity contribution is 7.15. The van der Waals surface area contributed by atoms with E-state index in [0.717, 1.165) is 29.8 Å². The zero-order valence-electron chi connectivity index (χ0n) is 11.1. The van der Waals surface area contributed by atoms with E-state index >= 15 is 0 Å². The molecule has 1 aromatic rings. The standard InChI is InChI=1S/C12H19N5OS/c1-6(2)15-10(18)7-3-4-8-9(5-7)19-12(16-8)17-11(13)14/h6-7H,3-5H2,1-2H3,(H,15,18)(H4,13,14,16,17). The maximum absolute atomic E-state index is 12.0. The van der Waals surface area contributed by atoms with Crippen molar-refractivity contribution in [2.45, 2.75) is 39.2 Å². The minimum atomic E-state index is 0.0141. The molecule has 0 radical (unpaired) electrons. The summed E-state index contributed by atoms with van der Waals surface area (Å²) < 4.78 is 0. The third-order valence-corrected chi connectivity index (χ3v) is 3.97. The fourth-order valence-electron chi connectivity index (χ4n) is 2.15. The molecule has 0 saturated heterocycles. The van der Waals surface area contributed by atoms with Crippen LogP contribution in [0.4, 0.5) is 5.13 Å². The minimum Gasteiger partial charge on any atom is -0.370 e. The van der Waals surface area contributed by atoms with Crippen LogP contribution in [0.2, 0.25) is 0 Å². The van der Waals surface area contributed by atoms with Crippen molar-refractivity contribution in [1.82, 2.24) is 10.3 Å². The zero-order chi connectivity index (χ0) is 14.0. The van der Waals surface area contributed by atoms with Gasteiger partial charge in [-0.15, -0.1) is 0 Å². The number of nitrogens with one attached hydrogen (secondary N) is 1. The fraction of sp³-hybridized carbons (Fsp3) is 0.583. The van der Waals surface area contributed by atoms with E-state index in [0.29, 0.717) is 5.13 Å². The molecule has 1 aliphatic carbocycles. The van der Waals surface area contributed by atoms with Gasteiger partial charge in [0.1, 0.15) is 0 Å². The predicted molar refractivity (Wildman–Crippen MR) is 76.4 cm³/mol. The highest BCUT2D eigenvalue weighted by Gasteiger charge is 2.27. The number of hydrogen-bond donors (Lipinski definition) is 3.